The number of halogens is 1. The molecule has 1 amide bonds. The molecule has 0 radical (unpaired) electrons. The van der Waals surface area contributed by atoms with Gasteiger partial charge in [0.1, 0.15) is 5.75 Å². The number of amides is 1. The first-order valence-corrected chi connectivity index (χ1v) is 5.72. The molecule has 1 heterocycles. The third-order valence-electron chi connectivity index (χ3n) is 2.44. The van der Waals surface area contributed by atoms with Crippen LogP contribution in [0.4, 0.5) is 0 Å². The van der Waals surface area contributed by atoms with Crippen molar-refractivity contribution in [3.63, 3.8) is 0 Å². The van der Waals surface area contributed by atoms with Gasteiger partial charge in [0.15, 0.2) is 5.76 Å². The first kappa shape index (κ1) is 12.5. The Morgan fingerprint density at radius 2 is 2.28 bits per heavy atom. The lowest BCUT2D eigenvalue weighted by Crippen LogP contribution is -2.22. The summed E-state index contributed by atoms with van der Waals surface area (Å²) in [7, 11) is 1.57. The molecule has 1 aromatic carbocycles. The number of methoxy groups -OCH3 is 1. The SMILES string of the molecule is COc1ccc(CNC(=O)c2ccco2)c(Cl)c1. The van der Waals surface area contributed by atoms with Crippen LogP contribution in [0.2, 0.25) is 5.02 Å². The Labute approximate surface area is 110 Å². The van der Waals surface area contributed by atoms with Crippen molar-refractivity contribution in [1.29, 1.82) is 0 Å². The highest BCUT2D eigenvalue weighted by molar-refractivity contribution is 6.31. The van der Waals surface area contributed by atoms with Gasteiger partial charge in [-0.05, 0) is 29.8 Å². The van der Waals surface area contributed by atoms with Crippen molar-refractivity contribution in [3.8, 4) is 5.75 Å². The Balaban J connectivity index is 2.00. The Morgan fingerprint density at radius 3 is 2.89 bits per heavy atom. The summed E-state index contributed by atoms with van der Waals surface area (Å²) in [5.74, 6) is 0.688. The summed E-state index contributed by atoms with van der Waals surface area (Å²) >= 11 is 6.06. The van der Waals surface area contributed by atoms with E-state index in [0.717, 1.165) is 5.56 Å². The van der Waals surface area contributed by atoms with Gasteiger partial charge in [0, 0.05) is 11.6 Å². The topological polar surface area (TPSA) is 51.5 Å². The second-order valence-corrected chi connectivity index (χ2v) is 4.02. The van der Waals surface area contributed by atoms with Crippen LogP contribution < -0.4 is 10.1 Å². The van der Waals surface area contributed by atoms with E-state index in [1.54, 1.807) is 31.4 Å². The van der Waals surface area contributed by atoms with Crippen LogP contribution in [0.3, 0.4) is 0 Å². The molecule has 0 bridgehead atoms. The maximum absolute atomic E-state index is 11.6. The molecule has 0 aliphatic heterocycles. The number of hydrogen-bond acceptors (Lipinski definition) is 3. The minimum Gasteiger partial charge on any atom is -0.497 e. The van der Waals surface area contributed by atoms with Gasteiger partial charge in [-0.3, -0.25) is 4.79 Å². The van der Waals surface area contributed by atoms with Gasteiger partial charge in [-0.1, -0.05) is 17.7 Å². The lowest BCUT2D eigenvalue weighted by molar-refractivity contribution is 0.0923. The Kier molecular flexibility index (Phi) is 3.89. The largest absolute Gasteiger partial charge is 0.497 e. The van der Waals surface area contributed by atoms with Gasteiger partial charge in [0.2, 0.25) is 0 Å². The molecule has 2 rings (SSSR count). The van der Waals surface area contributed by atoms with E-state index in [2.05, 4.69) is 5.32 Å². The molecule has 5 heteroatoms. The third-order valence-corrected chi connectivity index (χ3v) is 2.80. The molecule has 0 fully saturated rings. The van der Waals surface area contributed by atoms with Crippen LogP contribution in [0.25, 0.3) is 0 Å². The van der Waals surface area contributed by atoms with Crippen LogP contribution in [-0.2, 0) is 6.54 Å². The predicted molar refractivity (Wildman–Crippen MR) is 67.9 cm³/mol. The van der Waals surface area contributed by atoms with Crippen molar-refractivity contribution in [2.24, 2.45) is 0 Å². The summed E-state index contributed by atoms with van der Waals surface area (Å²) in [5.41, 5.74) is 0.817. The van der Waals surface area contributed by atoms with Crippen molar-refractivity contribution in [2.45, 2.75) is 6.54 Å². The molecule has 0 unspecified atom stereocenters. The molecule has 1 N–H and O–H groups in total. The Hall–Kier alpha value is -1.94. The molecule has 0 aliphatic rings. The number of benzene rings is 1. The summed E-state index contributed by atoms with van der Waals surface area (Å²) in [6, 6.07) is 8.57. The number of furan rings is 1. The maximum atomic E-state index is 11.6. The van der Waals surface area contributed by atoms with Crippen LogP contribution in [0.15, 0.2) is 41.0 Å². The monoisotopic (exact) mass is 265 g/mol. The third kappa shape index (κ3) is 2.84. The quantitative estimate of drug-likeness (QED) is 0.925. The zero-order chi connectivity index (χ0) is 13.0. The molecule has 1 aromatic heterocycles. The molecule has 94 valence electrons. The number of carbonyl (C=O) groups is 1. The van der Waals surface area contributed by atoms with E-state index in [1.807, 2.05) is 6.07 Å². The average molecular weight is 266 g/mol. The van der Waals surface area contributed by atoms with Gasteiger partial charge in [0.25, 0.3) is 5.91 Å². The molecular weight excluding hydrogens is 254 g/mol. The van der Waals surface area contributed by atoms with E-state index in [4.69, 9.17) is 20.8 Å². The van der Waals surface area contributed by atoms with E-state index in [1.165, 1.54) is 6.26 Å². The lowest BCUT2D eigenvalue weighted by atomic mass is 10.2. The Bertz CT molecular complexity index is 537. The van der Waals surface area contributed by atoms with Gasteiger partial charge in [0.05, 0.1) is 13.4 Å². The maximum Gasteiger partial charge on any atom is 0.287 e. The fourth-order valence-electron chi connectivity index (χ4n) is 1.47. The molecule has 4 nitrogen and oxygen atoms in total. The van der Waals surface area contributed by atoms with Crippen molar-refractivity contribution in [1.82, 2.24) is 5.32 Å². The van der Waals surface area contributed by atoms with Crippen LogP contribution in [0, 0.1) is 0 Å². The molecule has 0 aliphatic carbocycles. The minimum atomic E-state index is -0.271. The highest BCUT2D eigenvalue weighted by atomic mass is 35.5. The number of carbonyl (C=O) groups excluding carboxylic acids is 1. The number of hydrogen-bond donors (Lipinski definition) is 1. The average Bonchev–Trinajstić information content (AvgIpc) is 2.90. The normalized spacial score (nSPS) is 10.1. The number of ether oxygens (including phenoxy) is 1. The number of rotatable bonds is 4. The molecule has 0 saturated heterocycles. The van der Waals surface area contributed by atoms with E-state index in [0.29, 0.717) is 17.3 Å². The highest BCUT2D eigenvalue weighted by Gasteiger charge is 2.09. The first-order valence-electron chi connectivity index (χ1n) is 5.35. The van der Waals surface area contributed by atoms with Gasteiger partial charge in [-0.15, -0.1) is 0 Å². The van der Waals surface area contributed by atoms with E-state index >= 15 is 0 Å². The summed E-state index contributed by atoms with van der Waals surface area (Å²) in [5, 5.41) is 3.27. The van der Waals surface area contributed by atoms with Crippen LogP contribution in [0.1, 0.15) is 16.1 Å². The lowest BCUT2D eigenvalue weighted by Gasteiger charge is -2.07. The second kappa shape index (κ2) is 5.60. The fraction of sp³-hybridized carbons (Fsp3) is 0.154. The van der Waals surface area contributed by atoms with Crippen LogP contribution in [0.5, 0.6) is 5.75 Å². The van der Waals surface area contributed by atoms with Crippen molar-refractivity contribution in [2.75, 3.05) is 7.11 Å². The summed E-state index contributed by atoms with van der Waals surface area (Å²) in [4.78, 5) is 11.6. The molecule has 2 aromatic rings. The summed E-state index contributed by atoms with van der Waals surface area (Å²) in [6.07, 6.45) is 1.45. The van der Waals surface area contributed by atoms with Crippen LogP contribution >= 0.6 is 11.6 Å². The first-order chi connectivity index (χ1) is 8.70. The minimum absolute atomic E-state index is 0.271. The van der Waals surface area contributed by atoms with Crippen molar-refractivity contribution >= 4 is 17.5 Å². The zero-order valence-electron chi connectivity index (χ0n) is 9.77. The molecule has 0 atom stereocenters. The number of nitrogens with one attached hydrogen (secondary N) is 1. The molecule has 18 heavy (non-hydrogen) atoms. The van der Waals surface area contributed by atoms with Crippen molar-refractivity contribution in [3.05, 3.63) is 52.9 Å². The fourth-order valence-corrected chi connectivity index (χ4v) is 1.71. The summed E-state index contributed by atoms with van der Waals surface area (Å²) < 4.78 is 10.0. The Morgan fingerprint density at radius 1 is 1.44 bits per heavy atom. The van der Waals surface area contributed by atoms with Gasteiger partial charge < -0.3 is 14.5 Å². The smallest absolute Gasteiger partial charge is 0.287 e. The van der Waals surface area contributed by atoms with Crippen LogP contribution in [-0.4, -0.2) is 13.0 Å². The standard InChI is InChI=1S/C13H12ClNO3/c1-17-10-5-4-9(11(14)7-10)8-15-13(16)12-3-2-6-18-12/h2-7H,8H2,1H3,(H,15,16). The van der Waals surface area contributed by atoms with Gasteiger partial charge in [-0.25, -0.2) is 0 Å². The van der Waals surface area contributed by atoms with E-state index in [9.17, 15) is 4.79 Å². The van der Waals surface area contributed by atoms with E-state index in [-0.39, 0.29) is 11.7 Å². The van der Waals surface area contributed by atoms with Gasteiger partial charge >= 0.3 is 0 Å². The van der Waals surface area contributed by atoms with E-state index < -0.39 is 0 Å². The highest BCUT2D eigenvalue weighted by Crippen LogP contribution is 2.22. The second-order valence-electron chi connectivity index (χ2n) is 3.62. The van der Waals surface area contributed by atoms with Gasteiger partial charge in [-0.2, -0.15) is 0 Å². The molecular formula is C13H12ClNO3. The molecule has 0 spiro atoms. The van der Waals surface area contributed by atoms with Crippen molar-refractivity contribution < 1.29 is 13.9 Å². The molecule has 0 saturated carbocycles. The summed E-state index contributed by atoms with van der Waals surface area (Å²) in [6.45, 7) is 0.336. The predicted octanol–water partition coefficient (Wildman–Crippen LogP) is 2.87. The zero-order valence-corrected chi connectivity index (χ0v) is 10.5.